The summed E-state index contributed by atoms with van der Waals surface area (Å²) in [5.41, 5.74) is 5.44. The summed E-state index contributed by atoms with van der Waals surface area (Å²) in [5, 5.41) is 1.70. The Hall–Kier alpha value is -1.43. The van der Waals surface area contributed by atoms with Gasteiger partial charge < -0.3 is 5.73 Å². The highest BCUT2D eigenvalue weighted by atomic mass is 32.2. The molecule has 0 heterocycles. The Morgan fingerprint density at radius 2 is 1.55 bits per heavy atom. The number of hydrogen-bond donors (Lipinski definition) is 2. The Kier molecular flexibility index (Phi) is 6.36. The van der Waals surface area contributed by atoms with Gasteiger partial charge in [-0.1, -0.05) is 55.7 Å². The van der Waals surface area contributed by atoms with Crippen LogP contribution in [0.5, 0.6) is 0 Å². The highest BCUT2D eigenvalue weighted by molar-refractivity contribution is 7.89. The molecule has 0 aromatic heterocycles. The monoisotopic (exact) mass is 320 g/mol. The van der Waals surface area contributed by atoms with Crippen LogP contribution in [-0.4, -0.2) is 21.5 Å². The van der Waals surface area contributed by atoms with Crippen molar-refractivity contribution >= 4 is 20.8 Å². The van der Waals surface area contributed by atoms with Crippen LogP contribution >= 0.6 is 0 Å². The summed E-state index contributed by atoms with van der Waals surface area (Å²) in [6, 6.07) is 12.9. The molecule has 4 nitrogen and oxygen atoms in total. The molecule has 2 rings (SSSR count). The second-order valence-electron chi connectivity index (χ2n) is 5.43. The minimum atomic E-state index is -3.45. The molecule has 120 valence electrons. The number of nitrogens with two attached hydrogens (primary N) is 1. The molecule has 0 unspecified atom stereocenters. The molecule has 22 heavy (non-hydrogen) atoms. The van der Waals surface area contributed by atoms with Gasteiger partial charge in [-0.3, -0.25) is 0 Å². The van der Waals surface area contributed by atoms with E-state index in [4.69, 9.17) is 5.73 Å². The van der Waals surface area contributed by atoms with Gasteiger partial charge in [0, 0.05) is 11.9 Å². The summed E-state index contributed by atoms with van der Waals surface area (Å²) in [7, 11) is -3.45. The van der Waals surface area contributed by atoms with Gasteiger partial charge >= 0.3 is 0 Å². The zero-order chi connectivity index (χ0) is 15.8. The van der Waals surface area contributed by atoms with Gasteiger partial charge in [-0.05, 0) is 30.8 Å². The highest BCUT2D eigenvalue weighted by Gasteiger charge is 2.16. The zero-order valence-electron chi connectivity index (χ0n) is 12.8. The number of fused-ring (bicyclic) bond motifs is 1. The first-order valence-corrected chi connectivity index (χ1v) is 9.31. The molecular formula is C17H24N2O2S. The SMILES string of the molecule is NCCCCCCCNS(=O)(=O)c1cccc2ccccc12. The molecule has 5 heteroatoms. The average molecular weight is 320 g/mol. The van der Waals surface area contributed by atoms with Gasteiger partial charge in [-0.2, -0.15) is 0 Å². The zero-order valence-corrected chi connectivity index (χ0v) is 13.6. The molecule has 0 saturated heterocycles. The molecular weight excluding hydrogens is 296 g/mol. The number of hydrogen-bond acceptors (Lipinski definition) is 3. The van der Waals surface area contributed by atoms with E-state index in [9.17, 15) is 8.42 Å². The van der Waals surface area contributed by atoms with Gasteiger partial charge in [-0.15, -0.1) is 0 Å². The number of unbranched alkanes of at least 4 members (excludes halogenated alkanes) is 4. The van der Waals surface area contributed by atoms with Gasteiger partial charge in [0.1, 0.15) is 0 Å². The predicted molar refractivity (Wildman–Crippen MR) is 91.3 cm³/mol. The van der Waals surface area contributed by atoms with Crippen LogP contribution in [0, 0.1) is 0 Å². The summed E-state index contributed by atoms with van der Waals surface area (Å²) in [6.45, 7) is 1.21. The molecule has 0 spiro atoms. The van der Waals surface area contributed by atoms with Crippen molar-refractivity contribution < 1.29 is 8.42 Å². The van der Waals surface area contributed by atoms with Crippen LogP contribution in [0.2, 0.25) is 0 Å². The van der Waals surface area contributed by atoms with E-state index in [2.05, 4.69) is 4.72 Å². The van der Waals surface area contributed by atoms with Crippen molar-refractivity contribution in [1.82, 2.24) is 4.72 Å². The van der Waals surface area contributed by atoms with Gasteiger partial charge in [0.15, 0.2) is 0 Å². The molecule has 0 bridgehead atoms. The Labute approximate surface area is 132 Å². The maximum atomic E-state index is 12.5. The molecule has 0 amide bonds. The van der Waals surface area contributed by atoms with Crippen molar-refractivity contribution in [1.29, 1.82) is 0 Å². The van der Waals surface area contributed by atoms with E-state index in [0.29, 0.717) is 11.4 Å². The number of rotatable bonds is 9. The van der Waals surface area contributed by atoms with Crippen molar-refractivity contribution in [3.63, 3.8) is 0 Å². The third-order valence-electron chi connectivity index (χ3n) is 3.71. The Bertz CT molecular complexity index is 693. The van der Waals surface area contributed by atoms with Crippen LogP contribution < -0.4 is 10.5 Å². The van der Waals surface area contributed by atoms with Gasteiger partial charge in [-0.25, -0.2) is 13.1 Å². The lowest BCUT2D eigenvalue weighted by Gasteiger charge is -2.09. The van der Waals surface area contributed by atoms with E-state index in [1.165, 1.54) is 0 Å². The third kappa shape index (κ3) is 4.53. The summed E-state index contributed by atoms with van der Waals surface area (Å²) in [6.07, 6.45) is 5.15. The summed E-state index contributed by atoms with van der Waals surface area (Å²) in [5.74, 6) is 0. The fourth-order valence-corrected chi connectivity index (χ4v) is 3.82. The smallest absolute Gasteiger partial charge is 0.241 e. The number of benzene rings is 2. The molecule has 0 aliphatic heterocycles. The van der Waals surface area contributed by atoms with Crippen molar-refractivity contribution in [2.45, 2.75) is 37.0 Å². The standard InChI is InChI=1S/C17H24N2O2S/c18-13-6-2-1-3-7-14-19-22(20,21)17-12-8-10-15-9-4-5-11-16(15)17/h4-5,8-12,19H,1-3,6-7,13-14,18H2. The predicted octanol–water partition coefficient (Wildman–Crippen LogP) is 3.03. The van der Waals surface area contributed by atoms with Gasteiger partial charge in [0.05, 0.1) is 4.90 Å². The average Bonchev–Trinajstić information content (AvgIpc) is 2.53. The minimum absolute atomic E-state index is 0.355. The van der Waals surface area contributed by atoms with Crippen molar-refractivity contribution in [3.8, 4) is 0 Å². The summed E-state index contributed by atoms with van der Waals surface area (Å²) < 4.78 is 27.6. The molecule has 0 radical (unpaired) electrons. The van der Waals surface area contributed by atoms with Crippen molar-refractivity contribution in [2.75, 3.05) is 13.1 Å². The topological polar surface area (TPSA) is 72.2 Å². The van der Waals surface area contributed by atoms with Crippen molar-refractivity contribution in [2.24, 2.45) is 5.73 Å². The number of nitrogens with one attached hydrogen (secondary N) is 1. The molecule has 0 aliphatic carbocycles. The maximum absolute atomic E-state index is 12.5. The van der Waals surface area contributed by atoms with Crippen LogP contribution in [0.3, 0.4) is 0 Å². The van der Waals surface area contributed by atoms with Crippen LogP contribution in [-0.2, 0) is 10.0 Å². The third-order valence-corrected chi connectivity index (χ3v) is 5.23. The van der Waals surface area contributed by atoms with E-state index in [1.54, 1.807) is 12.1 Å². The first kappa shape index (κ1) is 16.9. The lowest BCUT2D eigenvalue weighted by Crippen LogP contribution is -2.25. The van der Waals surface area contributed by atoms with Crippen LogP contribution in [0.25, 0.3) is 10.8 Å². The minimum Gasteiger partial charge on any atom is -0.330 e. The largest absolute Gasteiger partial charge is 0.330 e. The molecule has 0 saturated carbocycles. The second-order valence-corrected chi connectivity index (χ2v) is 7.17. The van der Waals surface area contributed by atoms with E-state index in [0.717, 1.165) is 49.4 Å². The Morgan fingerprint density at radius 1 is 0.864 bits per heavy atom. The quantitative estimate of drug-likeness (QED) is 0.698. The van der Waals surface area contributed by atoms with Crippen LogP contribution in [0.15, 0.2) is 47.4 Å². The molecule has 2 aromatic rings. The maximum Gasteiger partial charge on any atom is 0.241 e. The Balaban J connectivity index is 1.95. The molecule has 0 atom stereocenters. The van der Waals surface area contributed by atoms with Crippen LogP contribution in [0.4, 0.5) is 0 Å². The lowest BCUT2D eigenvalue weighted by atomic mass is 10.1. The molecule has 0 fully saturated rings. The molecule has 3 N–H and O–H groups in total. The van der Waals surface area contributed by atoms with Gasteiger partial charge in [0.2, 0.25) is 10.0 Å². The van der Waals surface area contributed by atoms with E-state index in [1.807, 2.05) is 30.3 Å². The second kappa shape index (κ2) is 8.27. The summed E-state index contributed by atoms with van der Waals surface area (Å²) in [4.78, 5) is 0.355. The fraction of sp³-hybridized carbons (Fsp3) is 0.412. The van der Waals surface area contributed by atoms with E-state index < -0.39 is 10.0 Å². The van der Waals surface area contributed by atoms with E-state index in [-0.39, 0.29) is 0 Å². The lowest BCUT2D eigenvalue weighted by molar-refractivity contribution is 0.570. The Morgan fingerprint density at radius 3 is 2.36 bits per heavy atom. The molecule has 2 aromatic carbocycles. The number of sulfonamides is 1. The first-order chi connectivity index (χ1) is 10.6. The molecule has 0 aliphatic rings. The fourth-order valence-electron chi connectivity index (χ4n) is 2.51. The van der Waals surface area contributed by atoms with Crippen molar-refractivity contribution in [3.05, 3.63) is 42.5 Å². The highest BCUT2D eigenvalue weighted by Crippen LogP contribution is 2.22. The van der Waals surface area contributed by atoms with E-state index >= 15 is 0 Å². The van der Waals surface area contributed by atoms with Gasteiger partial charge in [0.25, 0.3) is 0 Å². The van der Waals surface area contributed by atoms with Crippen LogP contribution in [0.1, 0.15) is 32.1 Å². The normalized spacial score (nSPS) is 11.9. The summed E-state index contributed by atoms with van der Waals surface area (Å²) >= 11 is 0. The first-order valence-electron chi connectivity index (χ1n) is 7.82.